The highest BCUT2D eigenvalue weighted by Gasteiger charge is 2.33. The topological polar surface area (TPSA) is 55.4 Å². The third kappa shape index (κ3) is 6.79. The van der Waals surface area contributed by atoms with Crippen molar-refractivity contribution in [3.63, 3.8) is 0 Å². The first kappa shape index (κ1) is 24.3. The maximum absolute atomic E-state index is 13.2. The molecule has 0 aliphatic heterocycles. The highest BCUT2D eigenvalue weighted by Crippen LogP contribution is 2.32. The molecule has 0 unspecified atom stereocenters. The van der Waals surface area contributed by atoms with Gasteiger partial charge in [0.2, 0.25) is 5.91 Å². The molecule has 0 bridgehead atoms. The van der Waals surface area contributed by atoms with Gasteiger partial charge in [0.05, 0.1) is 22.2 Å². The number of allylic oxidation sites excluding steroid dienone is 1. The largest absolute Gasteiger partial charge is 0.456 e. The molecule has 3 aromatic rings. The molecule has 170 valence electrons. The van der Waals surface area contributed by atoms with Crippen molar-refractivity contribution >= 4 is 33.7 Å². The average molecular weight is 518 g/mol. The van der Waals surface area contributed by atoms with Gasteiger partial charge in [0.1, 0.15) is 11.5 Å². The van der Waals surface area contributed by atoms with E-state index in [4.69, 9.17) is 4.74 Å². The Morgan fingerprint density at radius 1 is 0.970 bits per heavy atom. The summed E-state index contributed by atoms with van der Waals surface area (Å²) >= 11 is 3.40. The molecule has 33 heavy (non-hydrogen) atoms. The Morgan fingerprint density at radius 3 is 2.24 bits per heavy atom. The van der Waals surface area contributed by atoms with E-state index in [9.17, 15) is 22.8 Å². The van der Waals surface area contributed by atoms with E-state index in [1.165, 1.54) is 31.2 Å². The molecule has 3 aromatic carbocycles. The van der Waals surface area contributed by atoms with Gasteiger partial charge in [-0.1, -0.05) is 42.5 Å². The number of hydrogen-bond donors (Lipinski definition) is 1. The van der Waals surface area contributed by atoms with E-state index in [0.29, 0.717) is 17.1 Å². The van der Waals surface area contributed by atoms with Crippen LogP contribution in [-0.2, 0) is 22.2 Å². The number of ether oxygens (including phenoxy) is 1. The molecule has 0 saturated heterocycles. The molecule has 4 nitrogen and oxygen atoms in total. The molecule has 0 saturated carbocycles. The maximum Gasteiger partial charge on any atom is 0.416 e. The number of para-hydroxylation sites is 1. The minimum Gasteiger partial charge on any atom is -0.456 e. The predicted octanol–water partition coefficient (Wildman–Crippen LogP) is 6.55. The summed E-state index contributed by atoms with van der Waals surface area (Å²) in [6.07, 6.45) is -3.63. The second-order valence-corrected chi connectivity index (χ2v) is 7.95. The minimum absolute atomic E-state index is 0.0241. The molecule has 0 aliphatic rings. The van der Waals surface area contributed by atoms with Crippen LogP contribution in [-0.4, -0.2) is 11.7 Å². The molecule has 0 atom stereocenters. The van der Waals surface area contributed by atoms with Gasteiger partial charge < -0.3 is 10.1 Å². The molecule has 1 amide bonds. The average Bonchev–Trinajstić information content (AvgIpc) is 2.75. The van der Waals surface area contributed by atoms with E-state index in [1.807, 2.05) is 18.2 Å². The third-order valence-corrected chi connectivity index (χ3v) is 5.24. The summed E-state index contributed by atoms with van der Waals surface area (Å²) < 4.78 is 46.1. The van der Waals surface area contributed by atoms with Crippen LogP contribution in [0.3, 0.4) is 0 Å². The first-order chi connectivity index (χ1) is 15.6. The summed E-state index contributed by atoms with van der Waals surface area (Å²) in [6.45, 7) is 1.26. The van der Waals surface area contributed by atoms with Gasteiger partial charge in [0.15, 0.2) is 5.78 Å². The smallest absolute Gasteiger partial charge is 0.416 e. The molecule has 0 heterocycles. The van der Waals surface area contributed by atoms with Crippen LogP contribution in [0.1, 0.15) is 23.6 Å². The second-order valence-electron chi connectivity index (χ2n) is 7.10. The third-order valence-electron chi connectivity index (χ3n) is 4.58. The molecule has 8 heteroatoms. The van der Waals surface area contributed by atoms with Crippen molar-refractivity contribution in [2.24, 2.45) is 0 Å². The van der Waals surface area contributed by atoms with Gasteiger partial charge in [0, 0.05) is 6.92 Å². The summed E-state index contributed by atoms with van der Waals surface area (Å²) in [4.78, 5) is 24.4. The number of rotatable bonds is 7. The van der Waals surface area contributed by atoms with Crippen molar-refractivity contribution < 1.29 is 27.5 Å². The number of amides is 1. The first-order valence-corrected chi connectivity index (χ1v) is 10.6. The number of ketones is 1. The second kappa shape index (κ2) is 10.5. The summed E-state index contributed by atoms with van der Waals surface area (Å²) in [5.41, 5.74) is -0.465. The molecular weight excluding hydrogens is 499 g/mol. The number of hydrogen-bond acceptors (Lipinski definition) is 3. The molecule has 0 radical (unpaired) electrons. The van der Waals surface area contributed by atoms with Crippen LogP contribution in [0.15, 0.2) is 83.0 Å². The molecule has 1 N–H and O–H groups in total. The quantitative estimate of drug-likeness (QED) is 0.361. The van der Waals surface area contributed by atoms with Gasteiger partial charge >= 0.3 is 6.18 Å². The number of carbonyl (C=O) groups is 2. The summed E-state index contributed by atoms with van der Waals surface area (Å²) in [5, 5.41) is 2.42. The number of halogens is 4. The molecule has 0 aromatic heterocycles. The van der Waals surface area contributed by atoms with Crippen LogP contribution in [0.2, 0.25) is 0 Å². The van der Waals surface area contributed by atoms with Crippen molar-refractivity contribution in [1.82, 2.24) is 5.32 Å². The van der Waals surface area contributed by atoms with Gasteiger partial charge in [-0.25, -0.2) is 0 Å². The van der Waals surface area contributed by atoms with Gasteiger partial charge in [0.25, 0.3) is 0 Å². The van der Waals surface area contributed by atoms with Crippen molar-refractivity contribution in [2.45, 2.75) is 19.5 Å². The van der Waals surface area contributed by atoms with Gasteiger partial charge in [-0.15, -0.1) is 0 Å². The Hall–Kier alpha value is -3.39. The maximum atomic E-state index is 13.2. The number of Topliss-reactive ketones (excluding diaryl/α,β-unsaturated/α-hetero) is 1. The van der Waals surface area contributed by atoms with Crippen LogP contribution >= 0.6 is 15.9 Å². The first-order valence-electron chi connectivity index (χ1n) is 9.83. The lowest BCUT2D eigenvalue weighted by molar-refractivity contribution is -0.138. The molecular formula is C25H19BrF3NO3. The monoisotopic (exact) mass is 517 g/mol. The van der Waals surface area contributed by atoms with Crippen molar-refractivity contribution in [3.8, 4) is 11.5 Å². The van der Waals surface area contributed by atoms with Gasteiger partial charge in [-0.2, -0.15) is 13.2 Å². The summed E-state index contributed by atoms with van der Waals surface area (Å²) in [6, 6.07) is 19.0. The fourth-order valence-corrected chi connectivity index (χ4v) is 3.36. The van der Waals surface area contributed by atoms with E-state index < -0.39 is 29.9 Å². The number of nitrogens with one attached hydrogen (secondary N) is 1. The normalized spacial score (nSPS) is 11.7. The van der Waals surface area contributed by atoms with Crippen molar-refractivity contribution in [1.29, 1.82) is 0 Å². The zero-order valence-corrected chi connectivity index (χ0v) is 19.0. The van der Waals surface area contributed by atoms with Crippen molar-refractivity contribution in [3.05, 3.63) is 99.7 Å². The fourth-order valence-electron chi connectivity index (χ4n) is 3.00. The number of carbonyl (C=O) groups excluding carboxylic acids is 2. The summed E-state index contributed by atoms with van der Waals surface area (Å²) in [5.74, 6) is 0.0517. The highest BCUT2D eigenvalue weighted by atomic mass is 79.9. The minimum atomic E-state index is -4.57. The lowest BCUT2D eigenvalue weighted by Crippen LogP contribution is -2.28. The van der Waals surface area contributed by atoms with Crippen LogP contribution in [0.4, 0.5) is 13.2 Å². The Bertz CT molecular complexity index is 1190. The Kier molecular flexibility index (Phi) is 7.71. The van der Waals surface area contributed by atoms with Gasteiger partial charge in [-0.05, 0) is 63.5 Å². The summed E-state index contributed by atoms with van der Waals surface area (Å²) in [7, 11) is 0. The van der Waals surface area contributed by atoms with Crippen molar-refractivity contribution in [2.75, 3.05) is 0 Å². The standard InChI is InChI=1S/C25H19BrF3NO3/c1-16(31)22(30-24(32)15-18-6-2-3-7-20(18)25(27,28)29)14-17-10-12-19(13-11-17)33-23-9-5-4-8-21(23)26/h2-14H,15H2,1H3,(H,30,32)/b22-14-. The van der Waals surface area contributed by atoms with Gasteiger partial charge in [-0.3, -0.25) is 9.59 Å². The van der Waals surface area contributed by atoms with Crippen LogP contribution in [0, 0.1) is 0 Å². The fraction of sp³-hybridized carbons (Fsp3) is 0.120. The highest BCUT2D eigenvalue weighted by molar-refractivity contribution is 9.10. The Balaban J connectivity index is 1.73. The SMILES string of the molecule is CC(=O)/C(=C/c1ccc(Oc2ccccc2Br)cc1)NC(=O)Cc1ccccc1C(F)(F)F. The zero-order chi connectivity index (χ0) is 24.0. The predicted molar refractivity (Wildman–Crippen MR) is 123 cm³/mol. The Labute approximate surface area is 197 Å². The zero-order valence-electron chi connectivity index (χ0n) is 17.4. The van der Waals surface area contributed by atoms with Crippen LogP contribution in [0.25, 0.3) is 6.08 Å². The Morgan fingerprint density at radius 2 is 1.61 bits per heavy atom. The van der Waals surface area contributed by atoms with E-state index >= 15 is 0 Å². The number of alkyl halides is 3. The van der Waals surface area contributed by atoms with E-state index in [1.54, 1.807) is 30.3 Å². The van der Waals surface area contributed by atoms with E-state index in [-0.39, 0.29) is 11.3 Å². The lowest BCUT2D eigenvalue weighted by atomic mass is 10.0. The van der Waals surface area contributed by atoms with E-state index in [0.717, 1.165) is 10.5 Å². The molecule has 3 rings (SSSR count). The molecule has 0 spiro atoms. The molecule has 0 aliphatic carbocycles. The molecule has 0 fully saturated rings. The lowest BCUT2D eigenvalue weighted by Gasteiger charge is -2.13. The number of benzene rings is 3. The van der Waals surface area contributed by atoms with Crippen LogP contribution < -0.4 is 10.1 Å². The van der Waals surface area contributed by atoms with E-state index in [2.05, 4.69) is 21.2 Å². The van der Waals surface area contributed by atoms with Crippen LogP contribution in [0.5, 0.6) is 11.5 Å².